The van der Waals surface area contributed by atoms with Gasteiger partial charge in [0, 0.05) is 25.4 Å². The van der Waals surface area contributed by atoms with Crippen LogP contribution >= 0.6 is 11.3 Å². The molecule has 4 aromatic heterocycles. The summed E-state index contributed by atoms with van der Waals surface area (Å²) in [7, 11) is 0. The number of carbonyl (C=O) groups is 1. The summed E-state index contributed by atoms with van der Waals surface area (Å²) in [5.74, 6) is -0.757. The molecule has 9 heteroatoms. The van der Waals surface area contributed by atoms with Crippen molar-refractivity contribution in [1.82, 2.24) is 19.9 Å². The molecule has 0 aliphatic heterocycles. The van der Waals surface area contributed by atoms with Gasteiger partial charge in [-0.25, -0.2) is 18.7 Å². The first-order valence-corrected chi connectivity index (χ1v) is 9.67. The Morgan fingerprint density at radius 3 is 2.48 bits per heavy atom. The number of Topliss-reactive ketones (excluding diaryl/α,β-unsaturated/α-hetero) is 1. The standard InChI is InChI=1S/C20H15F2N5OS/c21-14-5-12(7-23-10-14)1-2-17(28)18-19-16(3-4-29-19)26-20(27-18)25-9-13-6-15(22)11-24-8-13/h3-8,10-11H,1-2,9H2,(H,25,26,27). The lowest BCUT2D eigenvalue weighted by atomic mass is 10.1. The monoisotopic (exact) mass is 411 g/mol. The van der Waals surface area contributed by atoms with Gasteiger partial charge in [0.05, 0.1) is 22.6 Å². The van der Waals surface area contributed by atoms with Crippen LogP contribution in [-0.2, 0) is 13.0 Å². The molecule has 0 saturated heterocycles. The molecule has 6 nitrogen and oxygen atoms in total. The van der Waals surface area contributed by atoms with E-state index in [2.05, 4.69) is 25.3 Å². The number of nitrogens with zero attached hydrogens (tertiary/aromatic N) is 4. The Balaban J connectivity index is 1.53. The van der Waals surface area contributed by atoms with Crippen LogP contribution in [0.15, 0.2) is 48.4 Å². The highest BCUT2D eigenvalue weighted by atomic mass is 32.1. The fraction of sp³-hybridized carbons (Fsp3) is 0.150. The second-order valence-electron chi connectivity index (χ2n) is 6.33. The molecule has 29 heavy (non-hydrogen) atoms. The molecule has 4 heterocycles. The Kier molecular flexibility index (Phi) is 5.48. The molecular formula is C20H15F2N5OS. The average Bonchev–Trinajstić information content (AvgIpc) is 3.18. The van der Waals surface area contributed by atoms with Gasteiger partial charge < -0.3 is 5.32 Å². The number of aromatic nitrogens is 4. The van der Waals surface area contributed by atoms with Crippen LogP contribution < -0.4 is 5.32 Å². The van der Waals surface area contributed by atoms with E-state index in [0.29, 0.717) is 33.5 Å². The number of pyridine rings is 2. The summed E-state index contributed by atoms with van der Waals surface area (Å²) in [5, 5.41) is 4.85. The van der Waals surface area contributed by atoms with Crippen LogP contribution in [0.1, 0.15) is 28.0 Å². The van der Waals surface area contributed by atoms with Gasteiger partial charge in [0.1, 0.15) is 17.3 Å². The summed E-state index contributed by atoms with van der Waals surface area (Å²) in [6.07, 6.45) is 5.86. The van der Waals surface area contributed by atoms with Crippen LogP contribution in [-0.4, -0.2) is 25.7 Å². The number of hydrogen-bond donors (Lipinski definition) is 1. The second kappa shape index (κ2) is 8.36. The molecule has 0 saturated carbocycles. The van der Waals surface area contributed by atoms with Gasteiger partial charge in [-0.15, -0.1) is 11.3 Å². The first-order valence-electron chi connectivity index (χ1n) is 8.79. The van der Waals surface area contributed by atoms with Crippen LogP contribution in [0.3, 0.4) is 0 Å². The number of carbonyl (C=O) groups excluding carboxylic acids is 1. The van der Waals surface area contributed by atoms with E-state index in [1.165, 1.54) is 35.9 Å². The maximum atomic E-state index is 13.3. The van der Waals surface area contributed by atoms with Crippen molar-refractivity contribution < 1.29 is 13.6 Å². The van der Waals surface area contributed by atoms with Gasteiger partial charge >= 0.3 is 0 Å². The Bertz CT molecular complexity index is 1180. The number of anilines is 1. The van der Waals surface area contributed by atoms with E-state index in [9.17, 15) is 13.6 Å². The van der Waals surface area contributed by atoms with Gasteiger partial charge in [0.2, 0.25) is 5.95 Å². The highest BCUT2D eigenvalue weighted by Crippen LogP contribution is 2.25. The molecule has 0 bridgehead atoms. The fourth-order valence-electron chi connectivity index (χ4n) is 2.83. The number of rotatable bonds is 7. The lowest BCUT2D eigenvalue weighted by molar-refractivity contribution is 0.0980. The van der Waals surface area contributed by atoms with Crippen LogP contribution in [0, 0.1) is 11.6 Å². The van der Waals surface area contributed by atoms with Crippen molar-refractivity contribution in [2.24, 2.45) is 0 Å². The fourth-order valence-corrected chi connectivity index (χ4v) is 3.67. The van der Waals surface area contributed by atoms with E-state index >= 15 is 0 Å². The van der Waals surface area contributed by atoms with E-state index in [4.69, 9.17) is 0 Å². The number of fused-ring (bicyclic) bond motifs is 1. The third-order valence-corrected chi connectivity index (χ3v) is 5.09. The van der Waals surface area contributed by atoms with Crippen LogP contribution in [0.4, 0.5) is 14.7 Å². The van der Waals surface area contributed by atoms with Crippen LogP contribution in [0.5, 0.6) is 0 Å². The summed E-state index contributed by atoms with van der Waals surface area (Å²) in [5.41, 5.74) is 2.24. The van der Waals surface area contributed by atoms with Gasteiger partial charge in [0.25, 0.3) is 0 Å². The van der Waals surface area contributed by atoms with Crippen LogP contribution in [0.25, 0.3) is 10.2 Å². The number of thiophene rings is 1. The number of hydrogen-bond acceptors (Lipinski definition) is 7. The minimum atomic E-state index is -0.434. The highest BCUT2D eigenvalue weighted by Gasteiger charge is 2.16. The van der Waals surface area contributed by atoms with Crippen molar-refractivity contribution in [1.29, 1.82) is 0 Å². The molecule has 0 aliphatic rings. The summed E-state index contributed by atoms with van der Waals surface area (Å²) in [6, 6.07) is 4.53. The first kappa shape index (κ1) is 19.0. The minimum Gasteiger partial charge on any atom is -0.350 e. The minimum absolute atomic E-state index is 0.167. The van der Waals surface area contributed by atoms with Crippen LogP contribution in [0.2, 0.25) is 0 Å². The van der Waals surface area contributed by atoms with Crippen molar-refractivity contribution in [3.05, 3.63) is 76.8 Å². The Hall–Kier alpha value is -3.33. The Labute approximate surface area is 168 Å². The summed E-state index contributed by atoms with van der Waals surface area (Å²) in [6.45, 7) is 0.267. The molecule has 0 radical (unpaired) electrons. The molecule has 0 amide bonds. The van der Waals surface area contributed by atoms with E-state index in [-0.39, 0.29) is 24.7 Å². The molecule has 4 aromatic rings. The third-order valence-electron chi connectivity index (χ3n) is 4.18. The molecule has 0 fully saturated rings. The lowest BCUT2D eigenvalue weighted by Gasteiger charge is -2.08. The SMILES string of the molecule is O=C(CCc1cncc(F)c1)c1nc(NCc2cncc(F)c2)nc2ccsc12. The Morgan fingerprint density at radius 1 is 1.00 bits per heavy atom. The predicted molar refractivity (Wildman–Crippen MR) is 106 cm³/mol. The van der Waals surface area contributed by atoms with Crippen molar-refractivity contribution in [2.75, 3.05) is 5.32 Å². The predicted octanol–water partition coefficient (Wildman–Crippen LogP) is 4.19. The van der Waals surface area contributed by atoms with E-state index in [0.717, 1.165) is 12.4 Å². The van der Waals surface area contributed by atoms with E-state index < -0.39 is 11.6 Å². The number of halogens is 2. The van der Waals surface area contributed by atoms with Gasteiger partial charge in [-0.2, -0.15) is 0 Å². The zero-order valence-electron chi connectivity index (χ0n) is 15.1. The topological polar surface area (TPSA) is 80.7 Å². The highest BCUT2D eigenvalue weighted by molar-refractivity contribution is 7.17. The largest absolute Gasteiger partial charge is 0.350 e. The van der Waals surface area contributed by atoms with Gasteiger partial charge in [-0.05, 0) is 41.1 Å². The zero-order chi connectivity index (χ0) is 20.2. The smallest absolute Gasteiger partial charge is 0.224 e. The lowest BCUT2D eigenvalue weighted by Crippen LogP contribution is -2.10. The normalized spacial score (nSPS) is 11.0. The van der Waals surface area contributed by atoms with Gasteiger partial charge in [-0.3, -0.25) is 14.8 Å². The van der Waals surface area contributed by atoms with Crippen molar-refractivity contribution in [3.63, 3.8) is 0 Å². The van der Waals surface area contributed by atoms with E-state index in [1.54, 1.807) is 0 Å². The molecule has 0 spiro atoms. The maximum absolute atomic E-state index is 13.3. The average molecular weight is 411 g/mol. The molecule has 146 valence electrons. The molecule has 0 aromatic carbocycles. The van der Waals surface area contributed by atoms with Gasteiger partial charge in [0.15, 0.2) is 5.78 Å². The van der Waals surface area contributed by atoms with E-state index in [1.807, 2.05) is 11.4 Å². The quantitative estimate of drug-likeness (QED) is 0.460. The number of ketones is 1. The van der Waals surface area contributed by atoms with Crippen molar-refractivity contribution in [2.45, 2.75) is 19.4 Å². The second-order valence-corrected chi connectivity index (χ2v) is 7.25. The molecule has 4 rings (SSSR count). The molecule has 1 N–H and O–H groups in total. The maximum Gasteiger partial charge on any atom is 0.224 e. The Morgan fingerprint density at radius 2 is 1.72 bits per heavy atom. The first-order chi connectivity index (χ1) is 14.1. The summed E-state index contributed by atoms with van der Waals surface area (Å²) < 4.78 is 27.3. The number of aryl methyl sites for hydroxylation is 1. The molecule has 0 unspecified atom stereocenters. The number of nitrogens with one attached hydrogen (secondary N) is 1. The molecular weight excluding hydrogens is 396 g/mol. The van der Waals surface area contributed by atoms with Crippen molar-refractivity contribution in [3.8, 4) is 0 Å². The summed E-state index contributed by atoms with van der Waals surface area (Å²) >= 11 is 1.39. The van der Waals surface area contributed by atoms with Crippen molar-refractivity contribution >= 4 is 33.3 Å². The third kappa shape index (κ3) is 4.57. The summed E-state index contributed by atoms with van der Waals surface area (Å²) in [4.78, 5) is 29.2. The van der Waals surface area contributed by atoms with Gasteiger partial charge in [-0.1, -0.05) is 0 Å². The molecule has 0 atom stereocenters. The zero-order valence-corrected chi connectivity index (χ0v) is 15.9. The molecule has 0 aliphatic carbocycles.